The van der Waals surface area contributed by atoms with Crippen molar-refractivity contribution in [3.8, 4) is 0 Å². The van der Waals surface area contributed by atoms with Gasteiger partial charge in [-0.2, -0.15) is 0 Å². The van der Waals surface area contributed by atoms with Gasteiger partial charge in [0.1, 0.15) is 0 Å². The monoisotopic (exact) mass is 314 g/mol. The lowest BCUT2D eigenvalue weighted by atomic mass is 9.95. The largest absolute Gasteiger partial charge is 0.481 e. The fourth-order valence-electron chi connectivity index (χ4n) is 2.51. The molecule has 0 aromatic carbocycles. The minimum absolute atomic E-state index is 0.0456. The molecule has 1 heterocycles. The first-order valence-electron chi connectivity index (χ1n) is 7.82. The van der Waals surface area contributed by atoms with Gasteiger partial charge in [-0.3, -0.25) is 9.59 Å². The number of nitrogens with zero attached hydrogens (tertiary/aromatic N) is 1. The van der Waals surface area contributed by atoms with E-state index in [4.69, 9.17) is 9.84 Å². The molecule has 1 atom stereocenters. The second kappa shape index (κ2) is 9.27. The van der Waals surface area contributed by atoms with Crippen molar-refractivity contribution in [2.75, 3.05) is 19.6 Å². The van der Waals surface area contributed by atoms with Crippen LogP contribution >= 0.6 is 0 Å². The molecule has 126 valence electrons. The van der Waals surface area contributed by atoms with Crippen LogP contribution in [0, 0.1) is 5.92 Å². The summed E-state index contributed by atoms with van der Waals surface area (Å²) >= 11 is 0. The molecule has 0 bridgehead atoms. The first-order valence-corrected chi connectivity index (χ1v) is 7.82. The Balaban J connectivity index is 2.31. The number of rotatable bonds is 7. The van der Waals surface area contributed by atoms with E-state index in [1.165, 1.54) is 0 Å². The molecule has 1 saturated heterocycles. The van der Waals surface area contributed by atoms with Gasteiger partial charge in [-0.25, -0.2) is 4.79 Å². The Hall–Kier alpha value is -1.79. The lowest BCUT2D eigenvalue weighted by molar-refractivity contribution is -0.148. The number of carboxylic acid groups (broad SMARTS) is 1. The van der Waals surface area contributed by atoms with E-state index < -0.39 is 5.97 Å². The van der Waals surface area contributed by atoms with Crippen molar-refractivity contribution in [1.29, 1.82) is 0 Å². The highest BCUT2D eigenvalue weighted by molar-refractivity contribution is 5.74. The third-order valence-electron chi connectivity index (χ3n) is 3.47. The average molecular weight is 314 g/mol. The number of piperidine rings is 1. The Labute approximate surface area is 131 Å². The zero-order chi connectivity index (χ0) is 16.5. The lowest BCUT2D eigenvalue weighted by Crippen LogP contribution is -2.46. The minimum Gasteiger partial charge on any atom is -0.481 e. The molecule has 1 unspecified atom stereocenters. The number of ether oxygens (including phenoxy) is 1. The summed E-state index contributed by atoms with van der Waals surface area (Å²) < 4.78 is 5.14. The zero-order valence-electron chi connectivity index (χ0n) is 13.3. The molecule has 2 N–H and O–H groups in total. The highest BCUT2D eigenvalue weighted by Gasteiger charge is 2.25. The van der Waals surface area contributed by atoms with Gasteiger partial charge in [0.2, 0.25) is 0 Å². The number of urea groups is 1. The van der Waals surface area contributed by atoms with Gasteiger partial charge in [0, 0.05) is 26.1 Å². The van der Waals surface area contributed by atoms with Gasteiger partial charge in [-0.1, -0.05) is 0 Å². The third-order valence-corrected chi connectivity index (χ3v) is 3.47. The number of nitrogens with one attached hydrogen (secondary N) is 1. The number of likely N-dealkylation sites (tertiary alicyclic amines) is 1. The smallest absolute Gasteiger partial charge is 0.317 e. The molecule has 0 aromatic heterocycles. The first-order chi connectivity index (χ1) is 10.4. The molecular formula is C15H26N2O5. The second-order valence-corrected chi connectivity index (χ2v) is 5.93. The van der Waals surface area contributed by atoms with Gasteiger partial charge in [0.15, 0.2) is 0 Å². The zero-order valence-corrected chi connectivity index (χ0v) is 13.3. The van der Waals surface area contributed by atoms with Crippen LogP contribution in [0.4, 0.5) is 4.79 Å². The van der Waals surface area contributed by atoms with Crippen LogP contribution in [0.15, 0.2) is 0 Å². The highest BCUT2D eigenvalue weighted by atomic mass is 16.5. The summed E-state index contributed by atoms with van der Waals surface area (Å²) in [6.07, 6.45) is 2.45. The Morgan fingerprint density at radius 1 is 1.36 bits per heavy atom. The Morgan fingerprint density at radius 3 is 2.73 bits per heavy atom. The Morgan fingerprint density at radius 2 is 2.09 bits per heavy atom. The fourth-order valence-corrected chi connectivity index (χ4v) is 2.51. The summed E-state index contributed by atoms with van der Waals surface area (Å²) in [6.45, 7) is 5.19. The van der Waals surface area contributed by atoms with Crippen molar-refractivity contribution in [2.24, 2.45) is 5.92 Å². The number of hydrogen-bond donors (Lipinski definition) is 2. The van der Waals surface area contributed by atoms with Crippen LogP contribution in [0.5, 0.6) is 0 Å². The second-order valence-electron chi connectivity index (χ2n) is 5.93. The van der Waals surface area contributed by atoms with Crippen LogP contribution in [0.2, 0.25) is 0 Å². The molecule has 2 amide bonds. The molecule has 1 aliphatic heterocycles. The quantitative estimate of drug-likeness (QED) is 0.550. The maximum Gasteiger partial charge on any atom is 0.317 e. The highest BCUT2D eigenvalue weighted by Crippen LogP contribution is 2.20. The standard InChI is InChI=1S/C15H26N2O5/c1-11(2)22-14(20)9-12-5-4-8-17(10-12)15(21)16-7-3-6-13(18)19/h11-12H,3-10H2,1-2H3,(H,16,21)(H,18,19). The fraction of sp³-hybridized carbons (Fsp3) is 0.800. The van der Waals surface area contributed by atoms with E-state index in [1.54, 1.807) is 4.90 Å². The molecule has 7 heteroatoms. The van der Waals surface area contributed by atoms with Crippen molar-refractivity contribution < 1.29 is 24.2 Å². The topological polar surface area (TPSA) is 95.9 Å². The van der Waals surface area contributed by atoms with Crippen LogP contribution in [0.25, 0.3) is 0 Å². The Kier molecular flexibility index (Phi) is 7.70. The number of carboxylic acids is 1. The van der Waals surface area contributed by atoms with E-state index in [0.717, 1.165) is 12.8 Å². The summed E-state index contributed by atoms with van der Waals surface area (Å²) in [5.41, 5.74) is 0. The van der Waals surface area contributed by atoms with Crippen molar-refractivity contribution in [1.82, 2.24) is 10.2 Å². The normalized spacial score (nSPS) is 18.1. The van der Waals surface area contributed by atoms with Crippen LogP contribution in [-0.4, -0.2) is 53.7 Å². The molecular weight excluding hydrogens is 288 g/mol. The molecule has 0 aliphatic carbocycles. The van der Waals surface area contributed by atoms with Crippen LogP contribution < -0.4 is 5.32 Å². The molecule has 22 heavy (non-hydrogen) atoms. The number of carbonyl (C=O) groups is 3. The van der Waals surface area contributed by atoms with Gasteiger partial charge in [0.05, 0.1) is 12.5 Å². The van der Waals surface area contributed by atoms with Crippen LogP contribution in [-0.2, 0) is 14.3 Å². The summed E-state index contributed by atoms with van der Waals surface area (Å²) in [4.78, 5) is 35.8. The summed E-state index contributed by atoms with van der Waals surface area (Å²) in [7, 11) is 0. The molecule has 7 nitrogen and oxygen atoms in total. The van der Waals surface area contributed by atoms with Crippen LogP contribution in [0.1, 0.15) is 46.0 Å². The maximum atomic E-state index is 12.0. The molecule has 1 fully saturated rings. The summed E-state index contributed by atoms with van der Waals surface area (Å²) in [6, 6.07) is -0.188. The first kappa shape index (κ1) is 18.3. The van der Waals surface area contributed by atoms with E-state index in [1.807, 2.05) is 13.8 Å². The lowest BCUT2D eigenvalue weighted by Gasteiger charge is -2.32. The van der Waals surface area contributed by atoms with Gasteiger partial charge in [0.25, 0.3) is 0 Å². The minimum atomic E-state index is -0.865. The predicted molar refractivity (Wildman–Crippen MR) is 80.4 cm³/mol. The maximum absolute atomic E-state index is 12.0. The van der Waals surface area contributed by atoms with E-state index in [2.05, 4.69) is 5.32 Å². The van der Waals surface area contributed by atoms with Gasteiger partial charge >= 0.3 is 18.0 Å². The molecule has 0 aromatic rings. The molecule has 0 saturated carbocycles. The van der Waals surface area contributed by atoms with Gasteiger partial charge in [-0.05, 0) is 39.0 Å². The van der Waals surface area contributed by atoms with E-state index in [-0.39, 0.29) is 30.4 Å². The van der Waals surface area contributed by atoms with Crippen molar-refractivity contribution >= 4 is 18.0 Å². The van der Waals surface area contributed by atoms with Gasteiger partial charge < -0.3 is 20.1 Å². The molecule has 0 spiro atoms. The van der Waals surface area contributed by atoms with E-state index in [0.29, 0.717) is 32.5 Å². The third kappa shape index (κ3) is 7.28. The molecule has 1 rings (SSSR count). The number of aliphatic carboxylic acids is 1. The van der Waals surface area contributed by atoms with Crippen molar-refractivity contribution in [3.63, 3.8) is 0 Å². The number of hydrogen-bond acceptors (Lipinski definition) is 4. The van der Waals surface area contributed by atoms with E-state index in [9.17, 15) is 14.4 Å². The van der Waals surface area contributed by atoms with Crippen molar-refractivity contribution in [2.45, 2.75) is 52.1 Å². The van der Waals surface area contributed by atoms with Crippen molar-refractivity contribution in [3.05, 3.63) is 0 Å². The number of carbonyl (C=O) groups excluding carboxylic acids is 2. The Bertz CT molecular complexity index is 397. The SMILES string of the molecule is CC(C)OC(=O)CC1CCCN(C(=O)NCCCC(=O)O)C1. The molecule has 0 radical (unpaired) electrons. The predicted octanol–water partition coefficient (Wildman–Crippen LogP) is 1.61. The summed E-state index contributed by atoms with van der Waals surface area (Å²) in [5.74, 6) is -0.954. The van der Waals surface area contributed by atoms with Gasteiger partial charge in [-0.15, -0.1) is 0 Å². The van der Waals surface area contributed by atoms with E-state index >= 15 is 0 Å². The number of amides is 2. The summed E-state index contributed by atoms with van der Waals surface area (Å²) in [5, 5.41) is 11.3. The number of esters is 1. The average Bonchev–Trinajstić information content (AvgIpc) is 2.42. The molecule has 1 aliphatic rings. The van der Waals surface area contributed by atoms with Crippen LogP contribution in [0.3, 0.4) is 0 Å².